The number of aliphatic hydroxyl groups excluding tert-OH is 1. The number of guanidine groups is 3. The van der Waals surface area contributed by atoms with Gasteiger partial charge in [0.15, 0.2) is 17.9 Å². The van der Waals surface area contributed by atoms with Crippen molar-refractivity contribution in [1.82, 2.24) is 30.9 Å². The second kappa shape index (κ2) is 24.1. The molecular weight excluding hydrogens is 975 g/mol. The number of ether oxygens (including phenoxy) is 1. The summed E-state index contributed by atoms with van der Waals surface area (Å²) in [6.45, 7) is 16.6. The van der Waals surface area contributed by atoms with Gasteiger partial charge in [-0.2, -0.15) is 0 Å². The Bertz CT molecular complexity index is 2390. The maximum atomic E-state index is 14.8. The molecule has 13 atom stereocenters. The molecule has 0 spiro atoms. The number of aliphatic carboxylic acids is 1. The summed E-state index contributed by atoms with van der Waals surface area (Å²) >= 11 is 0. The summed E-state index contributed by atoms with van der Waals surface area (Å²) in [5.41, 5.74) is 33.8. The number of aliphatic imine (C=N–C) groups is 3. The Morgan fingerprint density at radius 1 is 0.750 bits per heavy atom. The van der Waals surface area contributed by atoms with Gasteiger partial charge in [0.25, 0.3) is 0 Å². The summed E-state index contributed by atoms with van der Waals surface area (Å²) < 4.78 is 7.54. The number of amides is 3. The molecule has 1 heterocycles. The van der Waals surface area contributed by atoms with E-state index in [0.717, 1.165) is 57.8 Å². The molecule has 0 bridgehead atoms. The Morgan fingerprint density at radius 3 is 1.89 bits per heavy atom. The number of aliphatic hydroxyl groups is 1. The zero-order valence-electron chi connectivity index (χ0n) is 46.0. The van der Waals surface area contributed by atoms with Crippen molar-refractivity contribution < 1.29 is 38.9 Å². The van der Waals surface area contributed by atoms with Gasteiger partial charge in [-0.05, 0) is 148 Å². The van der Waals surface area contributed by atoms with Gasteiger partial charge >= 0.3 is 11.9 Å². The maximum Gasteiger partial charge on any atom is 0.326 e. The minimum Gasteiger partial charge on any atom is -0.480 e. The van der Waals surface area contributed by atoms with Crippen LogP contribution in [0.5, 0.6) is 0 Å². The van der Waals surface area contributed by atoms with Gasteiger partial charge in [0.1, 0.15) is 37.0 Å². The van der Waals surface area contributed by atoms with Gasteiger partial charge in [0, 0.05) is 19.6 Å². The predicted octanol–water partition coefficient (Wildman–Crippen LogP) is 2.04. The largest absolute Gasteiger partial charge is 0.480 e. The van der Waals surface area contributed by atoms with E-state index in [2.05, 4.69) is 95.8 Å². The van der Waals surface area contributed by atoms with Crippen LogP contribution in [0.1, 0.15) is 150 Å². The number of carboxylic acids is 1. The molecule has 424 valence electrons. The van der Waals surface area contributed by atoms with E-state index in [1.165, 1.54) is 16.5 Å². The molecule has 4 fully saturated rings. The number of carbonyl (C=O) groups is 5. The van der Waals surface area contributed by atoms with Crippen molar-refractivity contribution in [3.63, 3.8) is 0 Å². The van der Waals surface area contributed by atoms with E-state index in [1.807, 2.05) is 0 Å². The van der Waals surface area contributed by atoms with Crippen molar-refractivity contribution in [2.24, 2.45) is 106 Å². The van der Waals surface area contributed by atoms with E-state index in [4.69, 9.17) is 39.1 Å². The number of allylic oxidation sites excluding steroid dienone is 2. The van der Waals surface area contributed by atoms with Crippen LogP contribution in [0.3, 0.4) is 0 Å². The lowest BCUT2D eigenvalue weighted by atomic mass is 9.33. The smallest absolute Gasteiger partial charge is 0.326 e. The van der Waals surface area contributed by atoms with Crippen LogP contribution in [0.15, 0.2) is 32.8 Å². The fourth-order valence-corrected chi connectivity index (χ4v) is 14.8. The Morgan fingerprint density at radius 2 is 1.32 bits per heavy atom. The third-order valence-corrected chi connectivity index (χ3v) is 19.4. The number of carboxylic acid groups (broad SMARTS) is 1. The average Bonchev–Trinajstić information content (AvgIpc) is 3.88. The number of nitrogens with zero attached hydrogens (tertiary/aromatic N) is 6. The number of hydrogen-bond donors (Lipinski definition) is 11. The third-order valence-electron chi connectivity index (χ3n) is 19.4. The first kappa shape index (κ1) is 59.2. The first-order valence-electron chi connectivity index (χ1n) is 27.4. The van der Waals surface area contributed by atoms with Crippen molar-refractivity contribution in [3.8, 4) is 0 Å². The number of rotatable bonds is 23. The van der Waals surface area contributed by atoms with Crippen molar-refractivity contribution in [1.29, 1.82) is 0 Å². The van der Waals surface area contributed by atoms with E-state index in [0.29, 0.717) is 23.4 Å². The molecule has 1 aromatic rings. The number of fused-ring (bicyclic) bond motifs is 7. The molecular formula is C53H89N15O8. The Kier molecular flexibility index (Phi) is 18.8. The zero-order chi connectivity index (χ0) is 56.0. The van der Waals surface area contributed by atoms with E-state index in [9.17, 15) is 34.2 Å². The molecule has 1 aromatic heterocycles. The number of hydrogen-bond acceptors (Lipinski definition) is 12. The highest BCUT2D eigenvalue weighted by atomic mass is 16.5. The summed E-state index contributed by atoms with van der Waals surface area (Å²) in [6.07, 6.45) is 12.9. The minimum atomic E-state index is -1.33. The van der Waals surface area contributed by atoms with Gasteiger partial charge in [-0.3, -0.25) is 34.2 Å². The number of aromatic nitrogens is 3. The van der Waals surface area contributed by atoms with Crippen molar-refractivity contribution in [2.45, 2.75) is 182 Å². The first-order valence-corrected chi connectivity index (χ1v) is 27.4. The van der Waals surface area contributed by atoms with Gasteiger partial charge in [-0.1, -0.05) is 65.3 Å². The summed E-state index contributed by atoms with van der Waals surface area (Å²) in [5, 5.41) is 37.3. The SMILES string of the molecule is C[C@H]1[C@H](C)CC[C@]2(C(=O)OCc3cn(CC(=O)N[C@@H](CCCN=C(N)N)C(=O)N[C@@H](CCCN=C(N)N)C(=O)N[C@@H](CCCN=C(N)N)C(=O)O)nn3)CC[C@]3(C)C(=CC[C@@H]4[C@@]5(C)CC[C@H](O)C(C)(C)[C@@H]5CC[C@]43C)[C@H]12. The molecule has 4 saturated carbocycles. The number of nitrogens with one attached hydrogen (secondary N) is 3. The second-order valence-corrected chi connectivity index (χ2v) is 24.1. The number of nitrogens with two attached hydrogens (primary N) is 6. The highest BCUT2D eigenvalue weighted by Crippen LogP contribution is 2.76. The van der Waals surface area contributed by atoms with E-state index in [-0.39, 0.29) is 135 Å². The first-order chi connectivity index (χ1) is 35.7. The van der Waals surface area contributed by atoms with Gasteiger partial charge in [0.2, 0.25) is 17.7 Å². The molecule has 17 N–H and O–H groups in total. The molecule has 0 aliphatic heterocycles. The van der Waals surface area contributed by atoms with Gasteiger partial charge in [-0.15, -0.1) is 5.10 Å². The molecule has 23 heteroatoms. The minimum absolute atomic E-state index is 0.00647. The molecule has 0 aromatic carbocycles. The Balaban J connectivity index is 1.13. The number of esters is 1. The summed E-state index contributed by atoms with van der Waals surface area (Å²) in [7, 11) is 0. The van der Waals surface area contributed by atoms with Crippen LogP contribution in [0, 0.1) is 56.7 Å². The van der Waals surface area contributed by atoms with E-state index < -0.39 is 47.2 Å². The average molecular weight is 1060 g/mol. The van der Waals surface area contributed by atoms with E-state index in [1.54, 1.807) is 0 Å². The molecule has 6 rings (SSSR count). The summed E-state index contributed by atoms with van der Waals surface area (Å²) in [5.74, 6) is -2.48. The van der Waals surface area contributed by atoms with Crippen molar-refractivity contribution >= 4 is 47.5 Å². The lowest BCUT2D eigenvalue weighted by Gasteiger charge is -2.71. The Hall–Kier alpha value is -6.00. The lowest BCUT2D eigenvalue weighted by Crippen LogP contribution is -2.65. The molecule has 0 unspecified atom stereocenters. The molecule has 3 amide bonds. The molecule has 0 radical (unpaired) electrons. The van der Waals surface area contributed by atoms with Crippen LogP contribution in [0.4, 0.5) is 0 Å². The highest BCUT2D eigenvalue weighted by Gasteiger charge is 2.69. The predicted molar refractivity (Wildman–Crippen MR) is 288 cm³/mol. The summed E-state index contributed by atoms with van der Waals surface area (Å²) in [6, 6.07) is -3.78. The quantitative estimate of drug-likeness (QED) is 0.0246. The molecule has 23 nitrogen and oxygen atoms in total. The zero-order valence-corrected chi connectivity index (χ0v) is 46.0. The molecule has 0 saturated heterocycles. The van der Waals surface area contributed by atoms with Crippen LogP contribution >= 0.6 is 0 Å². The van der Waals surface area contributed by atoms with Gasteiger partial charge < -0.3 is 65.3 Å². The summed E-state index contributed by atoms with van der Waals surface area (Å²) in [4.78, 5) is 80.0. The van der Waals surface area contributed by atoms with Crippen LogP contribution in [-0.4, -0.2) is 117 Å². The second-order valence-electron chi connectivity index (χ2n) is 24.1. The fraction of sp³-hybridized carbons (Fsp3) is 0.774. The fourth-order valence-electron chi connectivity index (χ4n) is 14.8. The maximum absolute atomic E-state index is 14.8. The third kappa shape index (κ3) is 12.5. The standard InChI is InChI=1S/C53H89N15O8/c1-30-16-21-53(23-22-51(6)33(41(53)31(30)2)14-15-38-50(5)19-18-39(69)49(3,4)37(50)17-20-52(38,51)7)45(75)76-29-32-27-68(67-66-32)28-40(70)63-34(11-8-24-60-46(54)55)42(71)64-35(12-9-25-61-47(56)57)43(72)65-36(44(73)74)13-10-26-62-48(58)59/h14,27,30-31,34-39,41,69H,8-13,15-26,28-29H2,1-7H3,(H,63,70)(H,64,71)(H,65,72)(H,73,74)(H4,54,55,60)(H4,56,57,61)(H4,58,59,62)/t30-,31+,34+,35+,36+,37+,38-,39+,41+,50+,51-,52-,53+/m1/s1. The lowest BCUT2D eigenvalue weighted by molar-refractivity contribution is -0.207. The molecule has 5 aliphatic rings. The molecule has 76 heavy (non-hydrogen) atoms. The van der Waals surface area contributed by atoms with Gasteiger partial charge in [0.05, 0.1) is 17.7 Å². The highest BCUT2D eigenvalue weighted by molar-refractivity contribution is 5.93. The topological polar surface area (TPSA) is 395 Å². The normalized spacial score (nSPS) is 31.3. The van der Waals surface area contributed by atoms with Crippen LogP contribution in [-0.2, 0) is 41.9 Å². The van der Waals surface area contributed by atoms with Gasteiger partial charge in [-0.25, -0.2) is 9.48 Å². The van der Waals surface area contributed by atoms with Crippen molar-refractivity contribution in [3.05, 3.63) is 23.5 Å². The Labute approximate surface area is 447 Å². The van der Waals surface area contributed by atoms with Crippen LogP contribution in [0.2, 0.25) is 0 Å². The van der Waals surface area contributed by atoms with E-state index >= 15 is 0 Å². The molecule has 5 aliphatic carbocycles. The monoisotopic (exact) mass is 1060 g/mol. The van der Waals surface area contributed by atoms with Crippen molar-refractivity contribution in [2.75, 3.05) is 19.6 Å². The number of carbonyl (C=O) groups excluding carboxylic acids is 4. The van der Waals surface area contributed by atoms with Crippen LogP contribution in [0.25, 0.3) is 0 Å². The van der Waals surface area contributed by atoms with Crippen LogP contribution < -0.4 is 50.4 Å².